The zero-order valence-electron chi connectivity index (χ0n) is 8.38. The number of amides is 1. The van der Waals surface area contributed by atoms with Gasteiger partial charge >= 0.3 is 18.0 Å². The Bertz CT molecular complexity index is 348. The van der Waals surface area contributed by atoms with Crippen LogP contribution in [0.3, 0.4) is 0 Å². The maximum atomic E-state index is 11.0. The third-order valence-corrected chi connectivity index (χ3v) is 2.07. The summed E-state index contributed by atoms with van der Waals surface area (Å²) in [6, 6.07) is 0. The number of cyclic esters (lactones) is 1. The lowest BCUT2D eigenvalue weighted by molar-refractivity contribution is -0.135. The van der Waals surface area contributed by atoms with E-state index in [4.69, 9.17) is 10.2 Å². The van der Waals surface area contributed by atoms with Crippen molar-refractivity contribution in [2.24, 2.45) is 0 Å². The number of ether oxygens (including phenoxy) is 1. The summed E-state index contributed by atoms with van der Waals surface area (Å²) >= 11 is 0. The number of rotatable bonds is 5. The molecule has 1 aliphatic heterocycles. The molecular weight excluding hydrogens is 218 g/mol. The van der Waals surface area contributed by atoms with E-state index in [-0.39, 0.29) is 25.1 Å². The molecule has 16 heavy (non-hydrogen) atoms. The lowest BCUT2D eigenvalue weighted by Crippen LogP contribution is -2.26. The van der Waals surface area contributed by atoms with Gasteiger partial charge in [-0.1, -0.05) is 0 Å². The van der Waals surface area contributed by atoms with Crippen LogP contribution in [0.15, 0.2) is 11.6 Å². The van der Waals surface area contributed by atoms with Gasteiger partial charge in [0.15, 0.2) is 0 Å². The fourth-order valence-electron chi connectivity index (χ4n) is 1.27. The number of nitrogens with zero attached hydrogens (tertiary/aromatic N) is 1. The van der Waals surface area contributed by atoms with Gasteiger partial charge < -0.3 is 19.8 Å². The number of carboxylic acid groups (broad SMARTS) is 2. The summed E-state index contributed by atoms with van der Waals surface area (Å²) in [7, 11) is 0. The predicted molar refractivity (Wildman–Crippen MR) is 50.9 cm³/mol. The van der Waals surface area contributed by atoms with Gasteiger partial charge in [0.2, 0.25) is 0 Å². The Balaban J connectivity index is 2.53. The van der Waals surface area contributed by atoms with E-state index in [2.05, 4.69) is 4.74 Å². The van der Waals surface area contributed by atoms with Crippen molar-refractivity contribution in [2.45, 2.75) is 6.42 Å². The first kappa shape index (κ1) is 12.0. The fourth-order valence-corrected chi connectivity index (χ4v) is 1.27. The first-order chi connectivity index (χ1) is 7.50. The predicted octanol–water partition coefficient (Wildman–Crippen LogP) is -0.0757. The highest BCUT2D eigenvalue weighted by Crippen LogP contribution is 2.08. The maximum absolute atomic E-state index is 11.0. The van der Waals surface area contributed by atoms with Crippen LogP contribution in [0, 0.1) is 0 Å². The van der Waals surface area contributed by atoms with Crippen LogP contribution in [0.5, 0.6) is 0 Å². The van der Waals surface area contributed by atoms with Crippen molar-refractivity contribution in [1.29, 1.82) is 0 Å². The highest BCUT2D eigenvalue weighted by Gasteiger charge is 2.22. The largest absolute Gasteiger partial charge is 0.478 e. The molecule has 0 aliphatic carbocycles. The zero-order chi connectivity index (χ0) is 12.1. The third kappa shape index (κ3) is 3.26. The second kappa shape index (κ2) is 5.15. The van der Waals surface area contributed by atoms with Crippen molar-refractivity contribution in [3.05, 3.63) is 11.6 Å². The molecule has 0 aromatic carbocycles. The van der Waals surface area contributed by atoms with Crippen LogP contribution >= 0.6 is 0 Å². The average molecular weight is 229 g/mol. The highest BCUT2D eigenvalue weighted by molar-refractivity contribution is 5.94. The second-order valence-corrected chi connectivity index (χ2v) is 3.16. The van der Waals surface area contributed by atoms with E-state index >= 15 is 0 Å². The molecule has 1 aliphatic rings. The summed E-state index contributed by atoms with van der Waals surface area (Å²) in [6.07, 6.45) is 0.112. The van der Waals surface area contributed by atoms with Gasteiger partial charge in [-0.15, -0.1) is 0 Å². The van der Waals surface area contributed by atoms with Crippen molar-refractivity contribution in [3.8, 4) is 0 Å². The molecule has 0 unspecified atom stereocenters. The molecule has 0 spiro atoms. The Morgan fingerprint density at radius 1 is 1.44 bits per heavy atom. The molecule has 0 radical (unpaired) electrons. The average Bonchev–Trinajstić information content (AvgIpc) is 2.57. The van der Waals surface area contributed by atoms with Gasteiger partial charge in [0.25, 0.3) is 0 Å². The van der Waals surface area contributed by atoms with E-state index in [1.165, 1.54) is 4.90 Å². The molecule has 2 N–H and O–H groups in total. The minimum atomic E-state index is -1.32. The normalized spacial score (nSPS) is 16.1. The molecule has 0 bridgehead atoms. The molecule has 1 rings (SSSR count). The zero-order valence-corrected chi connectivity index (χ0v) is 8.38. The summed E-state index contributed by atoms with van der Waals surface area (Å²) in [5, 5.41) is 17.1. The topological polar surface area (TPSA) is 104 Å². The Morgan fingerprint density at radius 2 is 2.12 bits per heavy atom. The van der Waals surface area contributed by atoms with Crippen LogP contribution in [-0.4, -0.2) is 52.8 Å². The highest BCUT2D eigenvalue weighted by atomic mass is 16.6. The summed E-state index contributed by atoms with van der Waals surface area (Å²) in [4.78, 5) is 33.3. The van der Waals surface area contributed by atoms with Gasteiger partial charge in [-0.2, -0.15) is 0 Å². The van der Waals surface area contributed by atoms with Gasteiger partial charge in [-0.05, 0) is 6.42 Å². The Kier molecular flexibility index (Phi) is 3.87. The molecule has 7 heteroatoms. The Labute approximate surface area is 90.9 Å². The van der Waals surface area contributed by atoms with Crippen LogP contribution in [0.1, 0.15) is 6.42 Å². The number of hydrogen-bond donors (Lipinski definition) is 2. The van der Waals surface area contributed by atoms with Gasteiger partial charge in [-0.25, -0.2) is 14.4 Å². The van der Waals surface area contributed by atoms with Crippen LogP contribution in [0.4, 0.5) is 4.79 Å². The minimum Gasteiger partial charge on any atom is -0.478 e. The Hall–Kier alpha value is -2.05. The van der Waals surface area contributed by atoms with Crippen LogP contribution in [0.25, 0.3) is 0 Å². The lowest BCUT2D eigenvalue weighted by Gasteiger charge is -2.11. The number of carbonyl (C=O) groups is 3. The van der Waals surface area contributed by atoms with Gasteiger partial charge in [0.05, 0.1) is 6.54 Å². The minimum absolute atomic E-state index is 0.0171. The second-order valence-electron chi connectivity index (χ2n) is 3.16. The van der Waals surface area contributed by atoms with Gasteiger partial charge in [-0.3, -0.25) is 0 Å². The molecule has 88 valence electrons. The standard InChI is InChI=1S/C9H11NO6/c11-7(12)5-6(8(13)14)1-2-10-3-4-16-9(10)15/h5H,1-4H2,(H,11,12)(H,13,14)/b6-5+. The van der Waals surface area contributed by atoms with E-state index in [1.807, 2.05) is 0 Å². The van der Waals surface area contributed by atoms with Crippen molar-refractivity contribution in [1.82, 2.24) is 4.90 Å². The van der Waals surface area contributed by atoms with Crippen molar-refractivity contribution < 1.29 is 29.3 Å². The van der Waals surface area contributed by atoms with Gasteiger partial charge in [0.1, 0.15) is 6.61 Å². The summed E-state index contributed by atoms with van der Waals surface area (Å²) < 4.78 is 4.64. The number of carbonyl (C=O) groups excluding carboxylic acids is 1. The van der Waals surface area contributed by atoms with E-state index in [0.29, 0.717) is 12.6 Å². The molecule has 0 aromatic heterocycles. The number of hydrogen-bond acceptors (Lipinski definition) is 4. The molecule has 1 amide bonds. The van der Waals surface area contributed by atoms with E-state index in [0.717, 1.165) is 0 Å². The van der Waals surface area contributed by atoms with Gasteiger partial charge in [0, 0.05) is 18.2 Å². The van der Waals surface area contributed by atoms with Crippen LogP contribution in [-0.2, 0) is 14.3 Å². The Morgan fingerprint density at radius 3 is 2.56 bits per heavy atom. The maximum Gasteiger partial charge on any atom is 0.409 e. The first-order valence-corrected chi connectivity index (χ1v) is 4.59. The van der Waals surface area contributed by atoms with E-state index in [9.17, 15) is 14.4 Å². The van der Waals surface area contributed by atoms with Crippen LogP contribution < -0.4 is 0 Å². The van der Waals surface area contributed by atoms with Crippen molar-refractivity contribution in [2.75, 3.05) is 19.7 Å². The summed E-state index contributed by atoms with van der Waals surface area (Å²) in [5.74, 6) is -2.61. The molecule has 0 atom stereocenters. The number of aliphatic carboxylic acids is 2. The fraction of sp³-hybridized carbons (Fsp3) is 0.444. The first-order valence-electron chi connectivity index (χ1n) is 4.59. The quantitative estimate of drug-likeness (QED) is 0.639. The molecule has 7 nitrogen and oxygen atoms in total. The van der Waals surface area contributed by atoms with Crippen molar-refractivity contribution in [3.63, 3.8) is 0 Å². The third-order valence-electron chi connectivity index (χ3n) is 2.07. The molecule has 1 fully saturated rings. The summed E-state index contributed by atoms with van der Waals surface area (Å²) in [5.41, 5.74) is -0.243. The van der Waals surface area contributed by atoms with E-state index in [1.54, 1.807) is 0 Å². The van der Waals surface area contributed by atoms with Crippen LogP contribution in [0.2, 0.25) is 0 Å². The smallest absolute Gasteiger partial charge is 0.409 e. The molecule has 1 heterocycles. The monoisotopic (exact) mass is 229 g/mol. The lowest BCUT2D eigenvalue weighted by atomic mass is 10.1. The molecular formula is C9H11NO6. The SMILES string of the molecule is O=C(O)/C=C(\CCN1CCOC1=O)C(=O)O. The number of carboxylic acids is 2. The van der Waals surface area contributed by atoms with E-state index < -0.39 is 18.0 Å². The summed E-state index contributed by atoms with van der Waals surface area (Å²) in [6.45, 7) is 0.826. The molecule has 0 aromatic rings. The van der Waals surface area contributed by atoms with Crippen molar-refractivity contribution >= 4 is 18.0 Å². The molecule has 0 saturated carbocycles. The molecule has 1 saturated heterocycles.